The smallest absolute Gasteiger partial charge is 0.358 e. The van der Waals surface area contributed by atoms with Gasteiger partial charge in [0.2, 0.25) is 0 Å². The van der Waals surface area contributed by atoms with Crippen LogP contribution >= 0.6 is 11.6 Å². The fourth-order valence-electron chi connectivity index (χ4n) is 1.98. The number of nitriles is 1. The lowest BCUT2D eigenvalue weighted by molar-refractivity contribution is 0.0593. The molecule has 0 saturated carbocycles. The molecule has 0 N–H and O–H groups in total. The van der Waals surface area contributed by atoms with E-state index in [9.17, 15) is 4.79 Å². The van der Waals surface area contributed by atoms with E-state index in [1.54, 1.807) is 24.3 Å². The average Bonchev–Trinajstić information content (AvgIpc) is 3.07. The first-order valence-electron chi connectivity index (χ1n) is 6.67. The van der Waals surface area contributed by atoms with Gasteiger partial charge < -0.3 is 4.74 Å². The van der Waals surface area contributed by atoms with Crippen molar-refractivity contribution in [2.75, 3.05) is 7.11 Å². The van der Waals surface area contributed by atoms with Crippen molar-refractivity contribution in [1.29, 1.82) is 5.26 Å². The van der Waals surface area contributed by atoms with Gasteiger partial charge in [0.1, 0.15) is 6.07 Å². The SMILES string of the molecule is COC(=O)c1cc(-c2ccc(C#N)cn2)n(-c2ccc(Cl)nn2)n1. The fraction of sp³-hybridized carbons (Fsp3) is 0.0667. The average molecular weight is 341 g/mol. The lowest BCUT2D eigenvalue weighted by Gasteiger charge is -2.05. The van der Waals surface area contributed by atoms with Crippen LogP contribution < -0.4 is 0 Å². The van der Waals surface area contributed by atoms with E-state index in [1.807, 2.05) is 6.07 Å². The molecule has 0 aliphatic rings. The van der Waals surface area contributed by atoms with Crippen LogP contribution in [0.4, 0.5) is 0 Å². The van der Waals surface area contributed by atoms with Crippen LogP contribution in [0, 0.1) is 11.3 Å². The number of carbonyl (C=O) groups is 1. The summed E-state index contributed by atoms with van der Waals surface area (Å²) < 4.78 is 6.10. The van der Waals surface area contributed by atoms with Crippen LogP contribution in [0.15, 0.2) is 36.5 Å². The van der Waals surface area contributed by atoms with Crippen molar-refractivity contribution in [3.8, 4) is 23.3 Å². The Labute approximate surface area is 141 Å². The lowest BCUT2D eigenvalue weighted by atomic mass is 10.2. The van der Waals surface area contributed by atoms with E-state index < -0.39 is 5.97 Å². The molecule has 24 heavy (non-hydrogen) atoms. The molecule has 3 aromatic rings. The minimum Gasteiger partial charge on any atom is -0.464 e. The number of aromatic nitrogens is 5. The van der Waals surface area contributed by atoms with Gasteiger partial charge in [0.25, 0.3) is 0 Å². The van der Waals surface area contributed by atoms with Crippen LogP contribution in [-0.4, -0.2) is 38.0 Å². The van der Waals surface area contributed by atoms with Gasteiger partial charge >= 0.3 is 5.97 Å². The summed E-state index contributed by atoms with van der Waals surface area (Å²) in [6.07, 6.45) is 1.43. The summed E-state index contributed by atoms with van der Waals surface area (Å²) in [6.45, 7) is 0. The molecular weight excluding hydrogens is 332 g/mol. The number of methoxy groups -OCH3 is 1. The molecule has 0 saturated heterocycles. The normalized spacial score (nSPS) is 10.2. The van der Waals surface area contributed by atoms with Crippen LogP contribution in [0.1, 0.15) is 16.1 Å². The zero-order valence-electron chi connectivity index (χ0n) is 12.3. The third-order valence-corrected chi connectivity index (χ3v) is 3.30. The number of nitrogens with zero attached hydrogens (tertiary/aromatic N) is 6. The highest BCUT2D eigenvalue weighted by molar-refractivity contribution is 6.29. The van der Waals surface area contributed by atoms with Crippen molar-refractivity contribution in [2.45, 2.75) is 0 Å². The molecule has 0 aliphatic carbocycles. The van der Waals surface area contributed by atoms with Gasteiger partial charge in [-0.1, -0.05) is 11.6 Å². The topological polar surface area (TPSA) is 107 Å². The highest BCUT2D eigenvalue weighted by Crippen LogP contribution is 2.22. The van der Waals surface area contributed by atoms with Gasteiger partial charge in [0.05, 0.1) is 24.1 Å². The Morgan fingerprint density at radius 3 is 2.71 bits per heavy atom. The number of pyridine rings is 1. The first-order valence-corrected chi connectivity index (χ1v) is 7.04. The molecule has 0 aliphatic heterocycles. The summed E-state index contributed by atoms with van der Waals surface area (Å²) in [5.74, 6) is -0.235. The van der Waals surface area contributed by atoms with Gasteiger partial charge in [-0.25, -0.2) is 9.48 Å². The number of halogens is 1. The minimum atomic E-state index is -0.592. The summed E-state index contributed by atoms with van der Waals surface area (Å²) in [4.78, 5) is 16.0. The Balaban J connectivity index is 2.15. The minimum absolute atomic E-state index is 0.0930. The van der Waals surface area contributed by atoms with Gasteiger partial charge in [-0.2, -0.15) is 10.4 Å². The third kappa shape index (κ3) is 2.93. The molecule has 0 atom stereocenters. The molecule has 0 radical (unpaired) electrons. The Bertz CT molecular complexity index is 928. The zero-order valence-corrected chi connectivity index (χ0v) is 13.1. The summed E-state index contributed by atoms with van der Waals surface area (Å²) in [7, 11) is 1.27. The summed E-state index contributed by atoms with van der Waals surface area (Å²) in [5.41, 5.74) is 1.52. The predicted molar refractivity (Wildman–Crippen MR) is 83.4 cm³/mol. The summed E-state index contributed by atoms with van der Waals surface area (Å²) in [6, 6.07) is 9.95. The number of esters is 1. The number of hydrogen-bond acceptors (Lipinski definition) is 7. The molecular formula is C15H9ClN6O2. The van der Waals surface area contributed by atoms with E-state index in [1.165, 1.54) is 24.1 Å². The second kappa shape index (κ2) is 6.44. The number of rotatable bonds is 3. The molecule has 0 amide bonds. The van der Waals surface area contributed by atoms with E-state index >= 15 is 0 Å². The highest BCUT2D eigenvalue weighted by atomic mass is 35.5. The first kappa shape index (κ1) is 15.6. The Kier molecular flexibility index (Phi) is 4.18. The predicted octanol–water partition coefficient (Wildman–Crippen LogP) is 2.04. The second-order valence-electron chi connectivity index (χ2n) is 4.58. The van der Waals surface area contributed by atoms with Crippen LogP contribution in [0.2, 0.25) is 5.15 Å². The highest BCUT2D eigenvalue weighted by Gasteiger charge is 2.18. The van der Waals surface area contributed by atoms with Crippen molar-refractivity contribution in [1.82, 2.24) is 25.0 Å². The van der Waals surface area contributed by atoms with Crippen molar-refractivity contribution in [3.63, 3.8) is 0 Å². The second-order valence-corrected chi connectivity index (χ2v) is 4.96. The van der Waals surface area contributed by atoms with Crippen molar-refractivity contribution >= 4 is 17.6 Å². The molecule has 0 fully saturated rings. The molecule has 9 heteroatoms. The van der Waals surface area contributed by atoms with E-state index in [0.717, 1.165) is 0 Å². The van der Waals surface area contributed by atoms with Gasteiger partial charge in [-0.3, -0.25) is 4.98 Å². The van der Waals surface area contributed by atoms with Crippen molar-refractivity contribution in [3.05, 3.63) is 52.9 Å². The molecule has 3 aromatic heterocycles. The molecule has 3 rings (SSSR count). The Morgan fingerprint density at radius 1 is 1.29 bits per heavy atom. The quantitative estimate of drug-likeness (QED) is 0.671. The van der Waals surface area contributed by atoms with Gasteiger partial charge in [0, 0.05) is 12.3 Å². The number of carbonyl (C=O) groups excluding carboxylic acids is 1. The summed E-state index contributed by atoms with van der Waals surface area (Å²) in [5, 5.41) is 21.0. The van der Waals surface area contributed by atoms with E-state index in [-0.39, 0.29) is 10.8 Å². The van der Waals surface area contributed by atoms with Crippen LogP contribution in [0.3, 0.4) is 0 Å². The van der Waals surface area contributed by atoms with Crippen molar-refractivity contribution < 1.29 is 9.53 Å². The number of ether oxygens (including phenoxy) is 1. The molecule has 0 bridgehead atoms. The maximum Gasteiger partial charge on any atom is 0.358 e. The molecule has 8 nitrogen and oxygen atoms in total. The van der Waals surface area contributed by atoms with E-state index in [4.69, 9.17) is 21.6 Å². The zero-order chi connectivity index (χ0) is 17.1. The molecule has 0 aromatic carbocycles. The fourth-order valence-corrected chi connectivity index (χ4v) is 2.08. The Hall–Kier alpha value is -3.31. The monoisotopic (exact) mass is 340 g/mol. The Morgan fingerprint density at radius 2 is 2.12 bits per heavy atom. The summed E-state index contributed by atoms with van der Waals surface area (Å²) >= 11 is 5.75. The molecule has 118 valence electrons. The first-order chi connectivity index (χ1) is 11.6. The van der Waals surface area contributed by atoms with Crippen LogP contribution in [-0.2, 0) is 4.74 Å². The maximum atomic E-state index is 11.8. The lowest BCUT2D eigenvalue weighted by Crippen LogP contribution is -2.06. The molecule has 0 unspecified atom stereocenters. The number of hydrogen-bond donors (Lipinski definition) is 0. The van der Waals surface area contributed by atoms with Gasteiger partial charge in [-0.15, -0.1) is 10.2 Å². The van der Waals surface area contributed by atoms with E-state index in [0.29, 0.717) is 22.8 Å². The third-order valence-electron chi connectivity index (χ3n) is 3.09. The standard InChI is InChI=1S/C15H9ClN6O2/c1-24-15(23)11-6-12(10-3-2-9(7-17)8-18-10)22(21-11)14-5-4-13(16)19-20-14/h2-6,8H,1H3. The van der Waals surface area contributed by atoms with Crippen LogP contribution in [0.5, 0.6) is 0 Å². The van der Waals surface area contributed by atoms with Crippen molar-refractivity contribution in [2.24, 2.45) is 0 Å². The van der Waals surface area contributed by atoms with E-state index in [2.05, 4.69) is 20.3 Å². The molecule has 0 spiro atoms. The largest absolute Gasteiger partial charge is 0.464 e. The van der Waals surface area contributed by atoms with Crippen LogP contribution in [0.25, 0.3) is 17.2 Å². The maximum absolute atomic E-state index is 11.8. The van der Waals surface area contributed by atoms with Gasteiger partial charge in [-0.05, 0) is 24.3 Å². The molecule has 3 heterocycles. The van der Waals surface area contributed by atoms with Gasteiger partial charge in [0.15, 0.2) is 16.7 Å².